The summed E-state index contributed by atoms with van der Waals surface area (Å²) >= 11 is 0. The van der Waals surface area contributed by atoms with Gasteiger partial charge in [-0.05, 0) is 44.7 Å². The number of sulfonamides is 1. The summed E-state index contributed by atoms with van der Waals surface area (Å²) in [4.78, 5) is 14.9. The standard InChI is InChI=1S/C19H29N3O4S.ClH/c1-14-5-7-17(8-6-14)27(24,25)21-12-16-4-3-10-22(13-16)19(23)18-15(2)26-11-9-20-18;/h5-8,15-16,18,20-21H,3-4,9-13H2,1-2H3;1H/t15-,16?,18+;/m1./s1. The van der Waals surface area contributed by atoms with Gasteiger partial charge < -0.3 is 15.0 Å². The van der Waals surface area contributed by atoms with E-state index in [-0.39, 0.29) is 41.3 Å². The Morgan fingerprint density at radius 3 is 2.71 bits per heavy atom. The highest BCUT2D eigenvalue weighted by Gasteiger charge is 2.34. The van der Waals surface area contributed by atoms with Gasteiger partial charge in [0, 0.05) is 26.2 Å². The van der Waals surface area contributed by atoms with Crippen molar-refractivity contribution in [3.63, 3.8) is 0 Å². The summed E-state index contributed by atoms with van der Waals surface area (Å²) < 4.78 is 33.2. The molecule has 1 amide bonds. The predicted octanol–water partition coefficient (Wildman–Crippen LogP) is 1.31. The highest BCUT2D eigenvalue weighted by Crippen LogP contribution is 2.19. The molecule has 1 aromatic carbocycles. The zero-order valence-corrected chi connectivity index (χ0v) is 18.0. The van der Waals surface area contributed by atoms with Crippen molar-refractivity contribution in [2.24, 2.45) is 5.92 Å². The van der Waals surface area contributed by atoms with E-state index < -0.39 is 10.0 Å². The number of benzene rings is 1. The van der Waals surface area contributed by atoms with Gasteiger partial charge in [-0.2, -0.15) is 0 Å². The maximum absolute atomic E-state index is 12.8. The van der Waals surface area contributed by atoms with E-state index in [2.05, 4.69) is 10.0 Å². The van der Waals surface area contributed by atoms with E-state index in [4.69, 9.17) is 4.74 Å². The number of halogens is 1. The maximum Gasteiger partial charge on any atom is 0.242 e. The second kappa shape index (κ2) is 10.0. The number of likely N-dealkylation sites (tertiary alicyclic amines) is 1. The van der Waals surface area contributed by atoms with Gasteiger partial charge in [0.15, 0.2) is 0 Å². The molecule has 2 heterocycles. The van der Waals surface area contributed by atoms with Crippen LogP contribution in [0.4, 0.5) is 0 Å². The van der Waals surface area contributed by atoms with Gasteiger partial charge in [-0.25, -0.2) is 13.1 Å². The Hall–Kier alpha value is -1.19. The van der Waals surface area contributed by atoms with Crippen LogP contribution in [0, 0.1) is 12.8 Å². The zero-order chi connectivity index (χ0) is 19.4. The highest BCUT2D eigenvalue weighted by molar-refractivity contribution is 7.89. The number of carbonyl (C=O) groups excluding carboxylic acids is 1. The van der Waals surface area contributed by atoms with Gasteiger partial charge >= 0.3 is 0 Å². The van der Waals surface area contributed by atoms with Crippen molar-refractivity contribution >= 4 is 28.3 Å². The molecule has 0 bridgehead atoms. The third-order valence-corrected chi connectivity index (χ3v) is 6.75. The average Bonchev–Trinajstić information content (AvgIpc) is 2.67. The molecule has 3 rings (SSSR count). The van der Waals surface area contributed by atoms with Gasteiger partial charge in [-0.1, -0.05) is 17.7 Å². The molecule has 0 saturated carbocycles. The van der Waals surface area contributed by atoms with Crippen molar-refractivity contribution in [3.8, 4) is 0 Å². The van der Waals surface area contributed by atoms with Gasteiger partial charge in [0.05, 0.1) is 17.6 Å². The number of carbonyl (C=O) groups is 1. The maximum atomic E-state index is 12.8. The van der Waals surface area contributed by atoms with Crippen molar-refractivity contribution in [3.05, 3.63) is 29.8 Å². The van der Waals surface area contributed by atoms with E-state index in [1.54, 1.807) is 24.3 Å². The number of hydrogen-bond donors (Lipinski definition) is 2. The number of nitrogens with zero attached hydrogens (tertiary/aromatic N) is 1. The fourth-order valence-electron chi connectivity index (χ4n) is 3.67. The number of morpholine rings is 1. The van der Waals surface area contributed by atoms with E-state index in [1.807, 2.05) is 18.7 Å². The molecule has 2 N–H and O–H groups in total. The number of rotatable bonds is 5. The Morgan fingerprint density at radius 2 is 2.04 bits per heavy atom. The van der Waals surface area contributed by atoms with Gasteiger partial charge in [-0.15, -0.1) is 12.4 Å². The van der Waals surface area contributed by atoms with Crippen molar-refractivity contribution in [2.45, 2.75) is 43.7 Å². The van der Waals surface area contributed by atoms with Crippen LogP contribution in [0.5, 0.6) is 0 Å². The summed E-state index contributed by atoms with van der Waals surface area (Å²) in [6.45, 7) is 6.74. The van der Waals surface area contributed by atoms with Crippen LogP contribution in [-0.2, 0) is 19.6 Å². The molecule has 1 unspecified atom stereocenters. The zero-order valence-electron chi connectivity index (χ0n) is 16.4. The fraction of sp³-hybridized carbons (Fsp3) is 0.632. The van der Waals surface area contributed by atoms with Gasteiger partial charge in [0.1, 0.15) is 6.04 Å². The van der Waals surface area contributed by atoms with Crippen molar-refractivity contribution in [1.29, 1.82) is 0 Å². The van der Waals surface area contributed by atoms with Crippen molar-refractivity contribution < 1.29 is 17.9 Å². The number of piperidine rings is 1. The lowest BCUT2D eigenvalue weighted by molar-refractivity contribution is -0.141. The van der Waals surface area contributed by atoms with Crippen LogP contribution in [0.2, 0.25) is 0 Å². The van der Waals surface area contributed by atoms with E-state index in [0.29, 0.717) is 32.8 Å². The summed E-state index contributed by atoms with van der Waals surface area (Å²) in [5.41, 5.74) is 1.02. The molecule has 2 saturated heterocycles. The van der Waals surface area contributed by atoms with Crippen LogP contribution < -0.4 is 10.0 Å². The molecular weight excluding hydrogens is 402 g/mol. The number of hydrogen-bond acceptors (Lipinski definition) is 5. The fourth-order valence-corrected chi connectivity index (χ4v) is 4.78. The Labute approximate surface area is 173 Å². The lowest BCUT2D eigenvalue weighted by Gasteiger charge is -2.38. The molecule has 158 valence electrons. The molecule has 2 aliphatic heterocycles. The first-order chi connectivity index (χ1) is 12.9. The second-order valence-corrected chi connectivity index (χ2v) is 9.23. The Morgan fingerprint density at radius 1 is 1.32 bits per heavy atom. The molecule has 7 nitrogen and oxygen atoms in total. The molecule has 2 fully saturated rings. The summed E-state index contributed by atoms with van der Waals surface area (Å²) in [6, 6.07) is 6.49. The molecule has 28 heavy (non-hydrogen) atoms. The lowest BCUT2D eigenvalue weighted by Crippen LogP contribution is -2.58. The molecule has 1 aromatic rings. The predicted molar refractivity (Wildman–Crippen MR) is 110 cm³/mol. The Bertz CT molecular complexity index is 757. The number of nitrogens with one attached hydrogen (secondary N) is 2. The Kier molecular flexibility index (Phi) is 8.27. The van der Waals surface area contributed by atoms with Crippen molar-refractivity contribution in [1.82, 2.24) is 14.9 Å². The quantitative estimate of drug-likeness (QED) is 0.733. The molecular formula is C19H30ClN3O4S. The Balaban J connectivity index is 0.00000280. The van der Waals surface area contributed by atoms with Gasteiger partial charge in [0.25, 0.3) is 0 Å². The minimum Gasteiger partial charge on any atom is -0.375 e. The summed E-state index contributed by atoms with van der Waals surface area (Å²) in [6.07, 6.45) is 1.64. The third-order valence-electron chi connectivity index (χ3n) is 5.31. The molecule has 3 atom stereocenters. The number of amides is 1. The van der Waals surface area contributed by atoms with E-state index in [9.17, 15) is 13.2 Å². The van der Waals surface area contributed by atoms with Crippen LogP contribution in [0.3, 0.4) is 0 Å². The van der Waals surface area contributed by atoms with Crippen molar-refractivity contribution in [2.75, 3.05) is 32.8 Å². The van der Waals surface area contributed by atoms with E-state index in [0.717, 1.165) is 18.4 Å². The van der Waals surface area contributed by atoms with Crippen LogP contribution in [0.15, 0.2) is 29.2 Å². The van der Waals surface area contributed by atoms with E-state index in [1.165, 1.54) is 0 Å². The molecule has 9 heteroatoms. The van der Waals surface area contributed by atoms with Gasteiger partial charge in [0.2, 0.25) is 15.9 Å². The molecule has 2 aliphatic rings. The SMILES string of the molecule is Cc1ccc(S(=O)(=O)NCC2CCCN(C(=O)[C@H]3NCCO[C@@H]3C)C2)cc1.Cl. The monoisotopic (exact) mass is 431 g/mol. The summed E-state index contributed by atoms with van der Waals surface area (Å²) in [7, 11) is -3.53. The van der Waals surface area contributed by atoms with E-state index >= 15 is 0 Å². The number of aryl methyl sites for hydroxylation is 1. The van der Waals surface area contributed by atoms with Gasteiger partial charge in [-0.3, -0.25) is 4.79 Å². The minimum absolute atomic E-state index is 0. The van der Waals surface area contributed by atoms with Crippen LogP contribution in [-0.4, -0.2) is 64.2 Å². The summed E-state index contributed by atoms with van der Waals surface area (Å²) in [5.74, 6) is 0.163. The number of ether oxygens (including phenoxy) is 1. The first-order valence-electron chi connectivity index (χ1n) is 9.57. The molecule has 0 aliphatic carbocycles. The second-order valence-electron chi connectivity index (χ2n) is 7.47. The van der Waals surface area contributed by atoms with Crippen LogP contribution in [0.25, 0.3) is 0 Å². The largest absolute Gasteiger partial charge is 0.375 e. The smallest absolute Gasteiger partial charge is 0.242 e. The summed E-state index contributed by atoms with van der Waals surface area (Å²) in [5, 5.41) is 3.24. The normalized spacial score (nSPS) is 25.8. The van der Waals surface area contributed by atoms with Crippen LogP contribution in [0.1, 0.15) is 25.3 Å². The first kappa shape index (κ1) is 23.1. The topological polar surface area (TPSA) is 87.7 Å². The molecule has 0 radical (unpaired) electrons. The average molecular weight is 432 g/mol. The lowest BCUT2D eigenvalue weighted by atomic mass is 9.97. The molecule has 0 spiro atoms. The minimum atomic E-state index is -3.53. The first-order valence-corrected chi connectivity index (χ1v) is 11.1. The van der Waals surface area contributed by atoms with Crippen LogP contribution >= 0.6 is 12.4 Å². The molecule has 0 aromatic heterocycles. The third kappa shape index (κ3) is 5.67. The highest BCUT2D eigenvalue weighted by atomic mass is 35.5.